The lowest BCUT2D eigenvalue weighted by Crippen LogP contribution is -2.25. The Labute approximate surface area is 147 Å². The molecule has 6 nitrogen and oxygen atoms in total. The Balaban J connectivity index is 1.54. The molecule has 2 N–H and O–H groups in total. The van der Waals surface area contributed by atoms with E-state index in [0.717, 1.165) is 12.0 Å². The van der Waals surface area contributed by atoms with Gasteiger partial charge in [0, 0.05) is 10.9 Å². The molecule has 24 heavy (non-hydrogen) atoms. The van der Waals surface area contributed by atoms with Gasteiger partial charge in [-0.2, -0.15) is 0 Å². The van der Waals surface area contributed by atoms with Gasteiger partial charge in [-0.25, -0.2) is 9.77 Å². The van der Waals surface area contributed by atoms with Gasteiger partial charge in [-0.1, -0.05) is 29.8 Å². The fourth-order valence-corrected chi connectivity index (χ4v) is 3.22. The standard InChI is InChI=1S/C16H13ClN4O2S/c17-12-5-2-1-4-9(12)10-8-11(10)15(22)20-21-14(18-19-16(21)24)13-6-3-7-23-13/h1-7,10-11H,8H2,(H,19,24)(H,20,22)/t10-,11-/m1/s1. The average Bonchev–Trinajstić information content (AvgIpc) is 3.02. The van der Waals surface area contributed by atoms with Crippen molar-refractivity contribution in [2.45, 2.75) is 12.3 Å². The topological polar surface area (TPSA) is 75.8 Å². The minimum atomic E-state index is -0.133. The molecular formula is C16H13ClN4O2S. The van der Waals surface area contributed by atoms with Gasteiger partial charge >= 0.3 is 0 Å². The summed E-state index contributed by atoms with van der Waals surface area (Å²) in [5.74, 6) is 0.817. The Morgan fingerprint density at radius 3 is 2.96 bits per heavy atom. The van der Waals surface area contributed by atoms with Crippen LogP contribution in [0.4, 0.5) is 0 Å². The zero-order valence-corrected chi connectivity index (χ0v) is 14.0. The summed E-state index contributed by atoms with van der Waals surface area (Å²) in [5, 5.41) is 7.45. The highest BCUT2D eigenvalue weighted by Crippen LogP contribution is 2.49. The van der Waals surface area contributed by atoms with Crippen molar-refractivity contribution in [3.63, 3.8) is 0 Å². The zero-order chi connectivity index (χ0) is 16.7. The van der Waals surface area contributed by atoms with Gasteiger partial charge in [0.25, 0.3) is 0 Å². The summed E-state index contributed by atoms with van der Waals surface area (Å²) in [6.07, 6.45) is 2.30. The fourth-order valence-electron chi connectivity index (χ4n) is 2.77. The van der Waals surface area contributed by atoms with Gasteiger partial charge in [0.1, 0.15) is 0 Å². The molecule has 2 aromatic heterocycles. The molecule has 0 spiro atoms. The second-order valence-electron chi connectivity index (χ2n) is 5.61. The predicted molar refractivity (Wildman–Crippen MR) is 91.8 cm³/mol. The summed E-state index contributed by atoms with van der Waals surface area (Å²) < 4.78 is 7.04. The van der Waals surface area contributed by atoms with E-state index in [2.05, 4.69) is 15.6 Å². The van der Waals surface area contributed by atoms with Crippen molar-refractivity contribution >= 4 is 29.7 Å². The molecule has 0 saturated heterocycles. The number of benzene rings is 1. The first-order valence-corrected chi connectivity index (χ1v) is 8.20. The largest absolute Gasteiger partial charge is 0.461 e. The molecule has 0 aliphatic heterocycles. The molecule has 8 heteroatoms. The van der Waals surface area contributed by atoms with E-state index in [0.29, 0.717) is 21.4 Å². The van der Waals surface area contributed by atoms with Gasteiger partial charge in [0.15, 0.2) is 5.76 Å². The normalized spacial score (nSPS) is 19.2. The lowest BCUT2D eigenvalue weighted by molar-refractivity contribution is -0.118. The zero-order valence-electron chi connectivity index (χ0n) is 12.4. The fraction of sp³-hybridized carbons (Fsp3) is 0.188. The number of H-pyrrole nitrogens is 1. The van der Waals surface area contributed by atoms with Crippen molar-refractivity contribution in [1.29, 1.82) is 0 Å². The van der Waals surface area contributed by atoms with E-state index in [9.17, 15) is 4.79 Å². The highest BCUT2D eigenvalue weighted by molar-refractivity contribution is 7.71. The Morgan fingerprint density at radius 2 is 2.21 bits per heavy atom. The Kier molecular flexibility index (Phi) is 3.74. The molecule has 0 radical (unpaired) electrons. The van der Waals surface area contributed by atoms with Gasteiger partial charge in [-0.15, -0.1) is 5.10 Å². The third-order valence-electron chi connectivity index (χ3n) is 4.07. The van der Waals surface area contributed by atoms with Crippen LogP contribution in [0.3, 0.4) is 0 Å². The molecule has 3 aromatic rings. The molecule has 1 aliphatic carbocycles. The number of rotatable bonds is 4. The highest BCUT2D eigenvalue weighted by Gasteiger charge is 2.45. The van der Waals surface area contributed by atoms with Crippen LogP contribution < -0.4 is 5.43 Å². The van der Waals surface area contributed by atoms with Crippen LogP contribution in [0.2, 0.25) is 5.02 Å². The van der Waals surface area contributed by atoms with Gasteiger partial charge < -0.3 is 4.42 Å². The molecule has 1 amide bonds. The second-order valence-corrected chi connectivity index (χ2v) is 6.41. The number of amides is 1. The van der Waals surface area contributed by atoms with Crippen molar-refractivity contribution in [2.75, 3.05) is 5.43 Å². The van der Waals surface area contributed by atoms with E-state index < -0.39 is 0 Å². The number of nitrogens with one attached hydrogen (secondary N) is 2. The van der Waals surface area contributed by atoms with Crippen LogP contribution in [0.5, 0.6) is 0 Å². The lowest BCUT2D eigenvalue weighted by Gasteiger charge is -2.08. The summed E-state index contributed by atoms with van der Waals surface area (Å²) in [6.45, 7) is 0. The molecule has 1 saturated carbocycles. The molecular weight excluding hydrogens is 348 g/mol. The number of carbonyl (C=O) groups excluding carboxylic acids is 1. The maximum absolute atomic E-state index is 12.5. The summed E-state index contributed by atoms with van der Waals surface area (Å²) in [7, 11) is 0. The molecule has 0 bridgehead atoms. The number of aromatic nitrogens is 3. The highest BCUT2D eigenvalue weighted by atomic mass is 35.5. The average molecular weight is 361 g/mol. The Bertz CT molecular complexity index is 947. The van der Waals surface area contributed by atoms with Crippen LogP contribution in [0.15, 0.2) is 47.1 Å². The number of nitrogens with zero attached hydrogens (tertiary/aromatic N) is 2. The van der Waals surface area contributed by atoms with Crippen molar-refractivity contribution in [3.05, 3.63) is 58.0 Å². The maximum Gasteiger partial charge on any atom is 0.242 e. The third kappa shape index (κ3) is 2.65. The van der Waals surface area contributed by atoms with Crippen molar-refractivity contribution < 1.29 is 9.21 Å². The first kappa shape index (κ1) is 15.2. The minimum absolute atomic E-state index is 0.120. The van der Waals surface area contributed by atoms with Crippen LogP contribution in [-0.2, 0) is 4.79 Å². The number of carbonyl (C=O) groups is 1. The summed E-state index contributed by atoms with van der Waals surface area (Å²) in [4.78, 5) is 12.5. The molecule has 1 aromatic carbocycles. The van der Waals surface area contributed by atoms with E-state index in [1.807, 2.05) is 24.3 Å². The minimum Gasteiger partial charge on any atom is -0.461 e. The Morgan fingerprint density at radius 1 is 1.38 bits per heavy atom. The van der Waals surface area contributed by atoms with Crippen LogP contribution in [0.25, 0.3) is 11.6 Å². The molecule has 2 atom stereocenters. The van der Waals surface area contributed by atoms with E-state index >= 15 is 0 Å². The molecule has 2 heterocycles. The molecule has 122 valence electrons. The smallest absolute Gasteiger partial charge is 0.242 e. The SMILES string of the molecule is O=C(Nn1c(-c2ccco2)n[nH]c1=S)[C@@H]1C[C@@H]1c1ccccc1Cl. The Hall–Kier alpha value is -2.38. The maximum atomic E-state index is 12.5. The third-order valence-corrected chi connectivity index (χ3v) is 4.69. The second kappa shape index (κ2) is 5.92. The van der Waals surface area contributed by atoms with Gasteiger partial charge in [-0.3, -0.25) is 10.2 Å². The van der Waals surface area contributed by atoms with Crippen LogP contribution >= 0.6 is 23.8 Å². The van der Waals surface area contributed by atoms with Crippen LogP contribution in [0.1, 0.15) is 17.9 Å². The van der Waals surface area contributed by atoms with Gasteiger partial charge in [0.2, 0.25) is 16.5 Å². The number of furan rings is 1. The van der Waals surface area contributed by atoms with E-state index in [1.165, 1.54) is 10.9 Å². The first-order chi connectivity index (χ1) is 11.6. The number of halogens is 1. The van der Waals surface area contributed by atoms with Gasteiger partial charge in [0.05, 0.1) is 6.26 Å². The van der Waals surface area contributed by atoms with Crippen LogP contribution in [0, 0.1) is 10.7 Å². The van der Waals surface area contributed by atoms with Crippen molar-refractivity contribution in [2.24, 2.45) is 5.92 Å². The number of aromatic amines is 1. The van der Waals surface area contributed by atoms with E-state index in [1.54, 1.807) is 12.1 Å². The van der Waals surface area contributed by atoms with E-state index in [4.69, 9.17) is 28.2 Å². The van der Waals surface area contributed by atoms with Crippen molar-refractivity contribution in [1.82, 2.24) is 14.9 Å². The lowest BCUT2D eigenvalue weighted by atomic mass is 10.1. The summed E-state index contributed by atoms with van der Waals surface area (Å²) >= 11 is 11.4. The summed E-state index contributed by atoms with van der Waals surface area (Å²) in [6, 6.07) is 11.1. The molecule has 4 rings (SSSR count). The molecule has 0 unspecified atom stereocenters. The quantitative estimate of drug-likeness (QED) is 0.695. The number of hydrogen-bond acceptors (Lipinski definition) is 4. The van der Waals surface area contributed by atoms with Crippen LogP contribution in [-0.4, -0.2) is 20.8 Å². The molecule has 1 aliphatic rings. The first-order valence-electron chi connectivity index (χ1n) is 7.41. The monoisotopic (exact) mass is 360 g/mol. The summed E-state index contributed by atoms with van der Waals surface area (Å²) in [5.41, 5.74) is 3.81. The van der Waals surface area contributed by atoms with Gasteiger partial charge in [-0.05, 0) is 48.3 Å². The molecule has 1 fully saturated rings. The predicted octanol–water partition coefficient (Wildman–Crippen LogP) is 3.73. The van der Waals surface area contributed by atoms with Crippen molar-refractivity contribution in [3.8, 4) is 11.6 Å². The van der Waals surface area contributed by atoms with E-state index in [-0.39, 0.29) is 17.7 Å². The number of hydrogen-bond donors (Lipinski definition) is 2.